The summed E-state index contributed by atoms with van der Waals surface area (Å²) in [4.78, 5) is 11.8. The minimum Gasteiger partial charge on any atom is -0.393 e. The number of aliphatic hydroxyl groups excluding tert-OH is 1. The van der Waals surface area contributed by atoms with Crippen molar-refractivity contribution in [2.75, 3.05) is 6.54 Å². The van der Waals surface area contributed by atoms with Crippen molar-refractivity contribution in [1.82, 2.24) is 5.32 Å². The monoisotopic (exact) mass is 227 g/mol. The minimum atomic E-state index is -0.255. The van der Waals surface area contributed by atoms with E-state index in [2.05, 4.69) is 5.32 Å². The Bertz CT molecular complexity index is 196. The Balaban J connectivity index is 2.13. The molecule has 3 nitrogen and oxygen atoms in total. The Labute approximate surface area is 98.6 Å². The van der Waals surface area contributed by atoms with Crippen LogP contribution in [0.2, 0.25) is 0 Å². The lowest BCUT2D eigenvalue weighted by molar-refractivity contribution is -0.125. The third kappa shape index (κ3) is 5.50. The third-order valence-corrected chi connectivity index (χ3v) is 3.32. The van der Waals surface area contributed by atoms with Crippen LogP contribution in [0.15, 0.2) is 0 Å². The maximum atomic E-state index is 11.8. The average molecular weight is 227 g/mol. The van der Waals surface area contributed by atoms with Gasteiger partial charge < -0.3 is 10.4 Å². The van der Waals surface area contributed by atoms with Gasteiger partial charge in [0.05, 0.1) is 6.10 Å². The summed E-state index contributed by atoms with van der Waals surface area (Å²) in [6.07, 6.45) is 8.47. The highest BCUT2D eigenvalue weighted by molar-refractivity contribution is 5.78. The Morgan fingerprint density at radius 2 is 1.94 bits per heavy atom. The van der Waals surface area contributed by atoms with E-state index < -0.39 is 0 Å². The van der Waals surface area contributed by atoms with Crippen LogP contribution in [0.4, 0.5) is 0 Å². The van der Waals surface area contributed by atoms with Crippen molar-refractivity contribution in [2.24, 2.45) is 5.92 Å². The molecule has 0 aromatic carbocycles. The summed E-state index contributed by atoms with van der Waals surface area (Å²) in [6.45, 7) is 2.49. The molecule has 0 spiro atoms. The van der Waals surface area contributed by atoms with Crippen molar-refractivity contribution in [3.8, 4) is 0 Å². The molecular formula is C13H25NO2. The molecule has 3 heteroatoms. The van der Waals surface area contributed by atoms with Crippen molar-refractivity contribution in [2.45, 2.75) is 64.4 Å². The summed E-state index contributed by atoms with van der Waals surface area (Å²) < 4.78 is 0. The molecule has 2 N–H and O–H groups in total. The first-order chi connectivity index (χ1) is 7.70. The van der Waals surface area contributed by atoms with E-state index in [1.807, 2.05) is 0 Å². The molecule has 0 aromatic rings. The summed E-state index contributed by atoms with van der Waals surface area (Å²) in [5, 5.41) is 12.1. The normalized spacial score (nSPS) is 20.1. The van der Waals surface area contributed by atoms with Crippen molar-refractivity contribution in [3.05, 3.63) is 0 Å². The van der Waals surface area contributed by atoms with Gasteiger partial charge in [0.25, 0.3) is 0 Å². The molecule has 1 rings (SSSR count). The molecule has 0 aliphatic heterocycles. The van der Waals surface area contributed by atoms with E-state index in [-0.39, 0.29) is 17.9 Å². The molecule has 0 saturated heterocycles. The van der Waals surface area contributed by atoms with Crippen molar-refractivity contribution in [1.29, 1.82) is 0 Å². The minimum absolute atomic E-state index is 0.229. The molecule has 1 atom stereocenters. The molecule has 1 amide bonds. The van der Waals surface area contributed by atoms with E-state index in [1.54, 1.807) is 6.92 Å². The van der Waals surface area contributed by atoms with Crippen LogP contribution in [0.1, 0.15) is 58.3 Å². The van der Waals surface area contributed by atoms with Crippen LogP contribution in [0.25, 0.3) is 0 Å². The smallest absolute Gasteiger partial charge is 0.223 e. The first kappa shape index (κ1) is 13.5. The summed E-state index contributed by atoms with van der Waals surface area (Å²) in [6, 6.07) is 0. The number of nitrogens with one attached hydrogen (secondary N) is 1. The third-order valence-electron chi connectivity index (χ3n) is 3.32. The van der Waals surface area contributed by atoms with Crippen molar-refractivity contribution < 1.29 is 9.90 Å². The van der Waals surface area contributed by atoms with Gasteiger partial charge in [-0.05, 0) is 32.6 Å². The zero-order chi connectivity index (χ0) is 11.8. The van der Waals surface area contributed by atoms with Gasteiger partial charge >= 0.3 is 0 Å². The number of carbonyl (C=O) groups excluding carboxylic acids is 1. The highest BCUT2D eigenvalue weighted by atomic mass is 16.3. The van der Waals surface area contributed by atoms with Crippen LogP contribution in [0, 0.1) is 5.92 Å². The number of hydrogen-bond donors (Lipinski definition) is 2. The number of aliphatic hydroxyl groups is 1. The molecule has 16 heavy (non-hydrogen) atoms. The zero-order valence-corrected chi connectivity index (χ0v) is 10.4. The highest BCUT2D eigenvalue weighted by Gasteiger charge is 2.19. The fourth-order valence-electron chi connectivity index (χ4n) is 2.29. The van der Waals surface area contributed by atoms with Gasteiger partial charge in [0.1, 0.15) is 0 Å². The zero-order valence-electron chi connectivity index (χ0n) is 10.4. The molecule has 0 heterocycles. The lowest BCUT2D eigenvalue weighted by Crippen LogP contribution is -2.31. The fourth-order valence-corrected chi connectivity index (χ4v) is 2.29. The van der Waals surface area contributed by atoms with Gasteiger partial charge in [-0.15, -0.1) is 0 Å². The predicted octanol–water partition coefficient (Wildman–Crippen LogP) is 2.23. The van der Waals surface area contributed by atoms with Gasteiger partial charge in [-0.25, -0.2) is 0 Å². The van der Waals surface area contributed by atoms with Gasteiger partial charge in [0, 0.05) is 12.5 Å². The molecule has 0 aromatic heterocycles. The number of hydrogen-bond acceptors (Lipinski definition) is 2. The molecule has 1 saturated carbocycles. The van der Waals surface area contributed by atoms with E-state index in [0.717, 1.165) is 25.7 Å². The largest absolute Gasteiger partial charge is 0.393 e. The van der Waals surface area contributed by atoms with Crippen molar-refractivity contribution in [3.63, 3.8) is 0 Å². The molecule has 1 fully saturated rings. The number of carbonyl (C=O) groups is 1. The van der Waals surface area contributed by atoms with E-state index >= 15 is 0 Å². The maximum absolute atomic E-state index is 11.8. The van der Waals surface area contributed by atoms with Crippen LogP contribution in [-0.2, 0) is 4.79 Å². The van der Waals surface area contributed by atoms with Crippen LogP contribution >= 0.6 is 0 Å². The van der Waals surface area contributed by atoms with Crippen LogP contribution < -0.4 is 5.32 Å². The second kappa shape index (κ2) is 7.66. The van der Waals surface area contributed by atoms with Gasteiger partial charge in [-0.1, -0.05) is 25.7 Å². The molecular weight excluding hydrogens is 202 g/mol. The summed E-state index contributed by atoms with van der Waals surface area (Å²) in [7, 11) is 0. The Hall–Kier alpha value is -0.570. The molecule has 1 aliphatic carbocycles. The number of amides is 1. The summed E-state index contributed by atoms with van der Waals surface area (Å²) in [5.74, 6) is 0.474. The molecule has 0 radical (unpaired) electrons. The van der Waals surface area contributed by atoms with E-state index in [1.165, 1.54) is 25.7 Å². The first-order valence-corrected chi connectivity index (χ1v) is 6.66. The van der Waals surface area contributed by atoms with Gasteiger partial charge in [-0.3, -0.25) is 4.79 Å². The van der Waals surface area contributed by atoms with Gasteiger partial charge in [0.15, 0.2) is 0 Å². The highest BCUT2D eigenvalue weighted by Crippen LogP contribution is 2.22. The topological polar surface area (TPSA) is 49.3 Å². The molecule has 1 unspecified atom stereocenters. The molecule has 94 valence electrons. The second-order valence-corrected chi connectivity index (χ2v) is 4.97. The lowest BCUT2D eigenvalue weighted by atomic mass is 9.99. The van der Waals surface area contributed by atoms with Crippen molar-refractivity contribution >= 4 is 5.91 Å². The molecule has 1 aliphatic rings. The van der Waals surface area contributed by atoms with Crippen LogP contribution in [0.3, 0.4) is 0 Å². The SMILES string of the molecule is CC(O)CCCNC(=O)C1CCCCCC1. The Kier molecular flexibility index (Phi) is 6.46. The van der Waals surface area contributed by atoms with E-state index in [0.29, 0.717) is 6.54 Å². The van der Waals surface area contributed by atoms with Crippen LogP contribution in [0.5, 0.6) is 0 Å². The predicted molar refractivity (Wildman–Crippen MR) is 65.1 cm³/mol. The summed E-state index contributed by atoms with van der Waals surface area (Å²) >= 11 is 0. The van der Waals surface area contributed by atoms with Gasteiger partial charge in [0.2, 0.25) is 5.91 Å². The van der Waals surface area contributed by atoms with E-state index in [4.69, 9.17) is 5.11 Å². The van der Waals surface area contributed by atoms with Crippen LogP contribution in [-0.4, -0.2) is 23.7 Å². The lowest BCUT2D eigenvalue weighted by Gasteiger charge is -2.14. The quantitative estimate of drug-likeness (QED) is 0.559. The Morgan fingerprint density at radius 3 is 2.50 bits per heavy atom. The maximum Gasteiger partial charge on any atom is 0.223 e. The van der Waals surface area contributed by atoms with E-state index in [9.17, 15) is 4.79 Å². The number of rotatable bonds is 5. The summed E-state index contributed by atoms with van der Waals surface area (Å²) in [5.41, 5.74) is 0. The Morgan fingerprint density at radius 1 is 1.31 bits per heavy atom. The second-order valence-electron chi connectivity index (χ2n) is 4.97. The average Bonchev–Trinajstić information content (AvgIpc) is 2.52. The van der Waals surface area contributed by atoms with Gasteiger partial charge in [-0.2, -0.15) is 0 Å². The molecule has 0 bridgehead atoms. The fraction of sp³-hybridized carbons (Fsp3) is 0.923. The standard InChI is InChI=1S/C13H25NO2/c1-11(15)7-6-10-14-13(16)12-8-4-2-3-5-9-12/h11-12,15H,2-10H2,1H3,(H,14,16). The first-order valence-electron chi connectivity index (χ1n) is 6.66.